The van der Waals surface area contributed by atoms with E-state index in [1.807, 2.05) is 0 Å². The Morgan fingerprint density at radius 2 is 0.930 bits per heavy atom. The molecule has 114 heavy (non-hydrogen) atoms. The van der Waals surface area contributed by atoms with Crippen molar-refractivity contribution in [3.63, 3.8) is 0 Å². The SMILES string of the molecule is CC(C)C[C@@H]1NC(=O)[C@H](CO)NC(=O)[C@@H]2CSSC[C@@H](C(N)=O)NC(=O)[C@H](Cc3ccc(OS(=O)(=O)O)cc3)NC(=O)[C@H](CC(=O)O)NC(=O)[C@@H]3CCCN3C(=O)[C@H](CC(N)=O)NC(=O)[C@H](CC(N)=O)NC(=O)[C@H](C)NC(=O)[C@H](C)NC(=O)[C@H](CSSC[C@H](NC(=O)CN)C(=O)N2)NC(=O)[C@@H]2CCCN2C(=O)[C@@H]2CCCN2C1=O. The zero-order valence-corrected chi connectivity index (χ0v) is 66.3. The van der Waals surface area contributed by atoms with Crippen LogP contribution in [0.3, 0.4) is 0 Å². The molecule has 44 nitrogen and oxygen atoms in total. The van der Waals surface area contributed by atoms with E-state index in [0.29, 0.717) is 6.42 Å². The van der Waals surface area contributed by atoms with Crippen molar-refractivity contribution in [3.8, 4) is 5.75 Å². The van der Waals surface area contributed by atoms with Crippen LogP contribution in [-0.4, -0.2) is 297 Å². The number of aliphatic hydroxyl groups is 1. The van der Waals surface area contributed by atoms with Gasteiger partial charge in [-0.3, -0.25) is 95.6 Å². The Morgan fingerprint density at radius 1 is 0.509 bits per heavy atom. The average molecular weight is 1700 g/mol. The second kappa shape index (κ2) is 43.6. The summed E-state index contributed by atoms with van der Waals surface area (Å²) in [7, 11) is -1.98. The number of carbonyl (C=O) groups excluding carboxylic acids is 18. The first-order valence-electron chi connectivity index (χ1n) is 35.9. The van der Waals surface area contributed by atoms with E-state index >= 15 is 0 Å². The van der Waals surface area contributed by atoms with Gasteiger partial charge in [0.05, 0.1) is 32.4 Å². The molecule has 1 aromatic rings. The highest BCUT2D eigenvalue weighted by molar-refractivity contribution is 8.77. The van der Waals surface area contributed by atoms with Crippen LogP contribution in [0.2, 0.25) is 0 Å². The second-order valence-corrected chi connectivity index (χ2v) is 33.7. The molecule has 0 aliphatic carbocycles. The number of benzene rings is 1. The molecule has 0 unspecified atom stereocenters. The third kappa shape index (κ3) is 28.0. The minimum Gasteiger partial charge on any atom is -0.481 e. The lowest BCUT2D eigenvalue weighted by atomic mass is 10.0. The number of aliphatic hydroxyl groups excluding tert-OH is 1. The van der Waals surface area contributed by atoms with Crippen molar-refractivity contribution in [2.45, 2.75) is 189 Å². The van der Waals surface area contributed by atoms with E-state index in [9.17, 15) is 114 Å². The maximum absolute atomic E-state index is 14.7. The minimum atomic E-state index is -5.07. The highest BCUT2D eigenvalue weighted by Gasteiger charge is 2.47. The Labute approximate surface area is 668 Å². The first-order chi connectivity index (χ1) is 53.7. The van der Waals surface area contributed by atoms with Crippen LogP contribution in [0.1, 0.15) is 97.5 Å². The lowest BCUT2D eigenvalue weighted by molar-refractivity contribution is -0.148. The van der Waals surface area contributed by atoms with Crippen LogP contribution in [0.4, 0.5) is 0 Å². The molecule has 0 radical (unpaired) electrons. The second-order valence-electron chi connectivity index (χ2n) is 27.6. The molecule has 5 aliphatic rings. The van der Waals surface area contributed by atoms with E-state index < -0.39 is 281 Å². The molecule has 23 N–H and O–H groups in total. The number of amides is 18. The Bertz CT molecular complexity index is 3930. The van der Waals surface area contributed by atoms with Gasteiger partial charge in [0.15, 0.2) is 0 Å². The van der Waals surface area contributed by atoms with Crippen molar-refractivity contribution >= 4 is 166 Å². The first-order valence-corrected chi connectivity index (χ1v) is 42.2. The monoisotopic (exact) mass is 1700 g/mol. The van der Waals surface area contributed by atoms with Crippen LogP contribution in [-0.2, 0) is 108 Å². The molecule has 6 rings (SSSR count). The normalized spacial score (nSPS) is 28.2. The number of carbonyl (C=O) groups is 19. The van der Waals surface area contributed by atoms with Crippen molar-refractivity contribution in [2.75, 3.05) is 55.8 Å². The molecule has 49 heteroatoms. The van der Waals surface area contributed by atoms with Gasteiger partial charge in [0.1, 0.15) is 96.4 Å². The molecule has 1 aromatic carbocycles. The molecule has 0 saturated carbocycles. The van der Waals surface area contributed by atoms with Crippen molar-refractivity contribution < 1.29 is 118 Å². The number of hydrogen-bond acceptors (Lipinski definition) is 28. The highest BCUT2D eigenvalue weighted by atomic mass is 33.1. The van der Waals surface area contributed by atoms with Gasteiger partial charge in [-0.15, -0.1) is 0 Å². The van der Waals surface area contributed by atoms with Gasteiger partial charge >= 0.3 is 16.4 Å². The maximum atomic E-state index is 14.7. The topological polar surface area (TPSA) is 687 Å². The van der Waals surface area contributed by atoms with Crippen LogP contribution in [0.25, 0.3) is 0 Å². The van der Waals surface area contributed by atoms with Crippen molar-refractivity contribution in [1.82, 2.24) is 78.5 Å². The molecular weight excluding hydrogens is 1610 g/mol. The summed E-state index contributed by atoms with van der Waals surface area (Å²) in [5, 5.41) is 49.5. The molecule has 630 valence electrons. The maximum Gasteiger partial charge on any atom is 0.446 e. The summed E-state index contributed by atoms with van der Waals surface area (Å²) in [5.41, 5.74) is 22.6. The van der Waals surface area contributed by atoms with E-state index in [4.69, 9.17) is 22.9 Å². The predicted molar refractivity (Wildman–Crippen MR) is 406 cm³/mol. The minimum absolute atomic E-state index is 0.0112. The Morgan fingerprint density at radius 3 is 1.46 bits per heavy atom. The number of rotatable bonds is 16. The third-order valence-electron chi connectivity index (χ3n) is 18.3. The Hall–Kier alpha value is -9.82. The van der Waals surface area contributed by atoms with E-state index in [0.717, 1.165) is 79.3 Å². The molecule has 0 spiro atoms. The third-order valence-corrected chi connectivity index (χ3v) is 23.5. The lowest BCUT2D eigenvalue weighted by Gasteiger charge is -2.34. The van der Waals surface area contributed by atoms with Crippen LogP contribution in [0.5, 0.6) is 5.75 Å². The molecule has 2 bridgehead atoms. The summed E-state index contributed by atoms with van der Waals surface area (Å²) >= 11 is 0. The number of nitrogens with zero attached hydrogens (tertiary/aromatic N) is 3. The van der Waals surface area contributed by atoms with E-state index in [-0.39, 0.29) is 69.6 Å². The van der Waals surface area contributed by atoms with E-state index in [1.54, 1.807) is 13.8 Å². The molecule has 0 aromatic heterocycles. The van der Waals surface area contributed by atoms with Crippen molar-refractivity contribution in [2.24, 2.45) is 28.9 Å². The largest absolute Gasteiger partial charge is 0.481 e. The van der Waals surface area contributed by atoms with Crippen molar-refractivity contribution in [1.29, 1.82) is 0 Å². The fourth-order valence-corrected chi connectivity index (χ4v) is 17.5. The number of carboxylic acids is 1. The summed E-state index contributed by atoms with van der Waals surface area (Å²) in [6, 6.07) is -21.0. The number of primary amides is 3. The Kier molecular flexibility index (Phi) is 35.6. The van der Waals surface area contributed by atoms with Gasteiger partial charge in [-0.25, -0.2) is 0 Å². The van der Waals surface area contributed by atoms with Crippen molar-refractivity contribution in [3.05, 3.63) is 29.8 Å². The summed E-state index contributed by atoms with van der Waals surface area (Å²) in [5.74, 6) is -24.3. The molecular formula is C65H95N19O25S5. The van der Waals surface area contributed by atoms with Crippen LogP contribution in [0, 0.1) is 5.92 Å². The standard InChI is InChI=1S/C65H95N19O25S5/c1-29(2)18-37-63(103)84-17-7-10-46(84)65(105)83-16-6-9-45(83)62(102)81-42-27-113-111-26-41(72-49(88)23-66)59(99)80-43(60(100)78-39(24-85)57(97)76-37)28-112-110-25-40(51(69)91)79-54(94)34(19-32-11-13-33(14-12-32)109-114(106,107)108)74-56(96)36(22-50(89)90)75-61(101)44-8-5-15-82(44)64(104)38(21-48(68)87)77-55(95)35(20-47(67)86)73-53(93)31(4)70-52(92)30(3)71-58(42)98/h11-14,29-31,34-46,85H,5-10,15-28,66H2,1-4H3,(H2,67,86)(H2,68,87)(H2,69,91)(H,70,92)(H,71,98)(H,72,88)(H,73,93)(H,74,96)(H,75,101)(H,76,97)(H,77,95)(H,78,100)(H,79,94)(H,80,99)(H,81,102)(H,89,90)(H,106,107,108)/t30-,31-,34-,35-,36-,37-,38-,39-,40-,41-,42-,43-,44-,45-,46-/m0/s1. The molecule has 18 amide bonds. The zero-order valence-electron chi connectivity index (χ0n) is 62.2. The summed E-state index contributed by atoms with van der Waals surface area (Å²) < 4.78 is 36.8. The van der Waals surface area contributed by atoms with Crippen LogP contribution in [0.15, 0.2) is 24.3 Å². The number of nitrogens with one attached hydrogen (secondary N) is 12. The van der Waals surface area contributed by atoms with E-state index in [2.05, 4.69) is 68.0 Å². The van der Waals surface area contributed by atoms with Gasteiger partial charge < -0.3 is 116 Å². The van der Waals surface area contributed by atoms with Crippen LogP contribution >= 0.6 is 43.2 Å². The summed E-state index contributed by atoms with van der Waals surface area (Å²) in [6.45, 7) is 3.66. The lowest BCUT2D eigenvalue weighted by Crippen LogP contribution is -2.61. The van der Waals surface area contributed by atoms with Gasteiger partial charge in [-0.2, -0.15) is 8.42 Å². The number of nitrogens with two attached hydrogens (primary N) is 4. The van der Waals surface area contributed by atoms with Gasteiger partial charge in [0.2, 0.25) is 106 Å². The molecule has 5 saturated heterocycles. The summed E-state index contributed by atoms with van der Waals surface area (Å²) in [4.78, 5) is 269. The molecule has 5 fully saturated rings. The summed E-state index contributed by atoms with van der Waals surface area (Å²) in [6.07, 6.45) is -3.32. The fourth-order valence-electron chi connectivity index (χ4n) is 12.5. The molecule has 5 aliphatic heterocycles. The van der Waals surface area contributed by atoms with Gasteiger partial charge in [-0.1, -0.05) is 69.2 Å². The Balaban J connectivity index is 1.45. The molecule has 15 atom stereocenters. The number of carboxylic acid groups (broad SMARTS) is 1. The smallest absolute Gasteiger partial charge is 0.446 e. The van der Waals surface area contributed by atoms with Gasteiger partial charge in [0.25, 0.3) is 0 Å². The highest BCUT2D eigenvalue weighted by Crippen LogP contribution is 2.30. The first kappa shape index (κ1) is 93.0. The number of hydrogen-bond donors (Lipinski definition) is 19. The average Bonchev–Trinajstić information content (AvgIpc) is 1.64. The number of aliphatic carboxylic acids is 1. The zero-order chi connectivity index (χ0) is 84.6. The van der Waals surface area contributed by atoms with E-state index in [1.165, 1.54) is 16.7 Å². The quantitative estimate of drug-likeness (QED) is 0.0540. The van der Waals surface area contributed by atoms with Gasteiger partial charge in [-0.05, 0) is 82.4 Å². The van der Waals surface area contributed by atoms with Crippen LogP contribution < -0.4 is 90.9 Å². The predicted octanol–water partition coefficient (Wildman–Crippen LogP) is -9.26. The number of fused-ring (bicyclic) bond motifs is 11. The fraction of sp³-hybridized carbons (Fsp3) is 0.615. The molecule has 5 heterocycles. The van der Waals surface area contributed by atoms with Gasteiger partial charge in [0, 0.05) is 49.1 Å².